The Hall–Kier alpha value is -3.28. The van der Waals surface area contributed by atoms with Crippen LogP contribution in [-0.4, -0.2) is 38.3 Å². The van der Waals surface area contributed by atoms with Crippen LogP contribution in [0.5, 0.6) is 11.5 Å². The van der Waals surface area contributed by atoms with Crippen molar-refractivity contribution in [3.8, 4) is 22.8 Å². The molecular formula is C21H21N3O3. The number of amides is 2. The normalized spacial score (nSPS) is 13.7. The highest BCUT2D eigenvalue weighted by Crippen LogP contribution is 2.38. The second-order valence-electron chi connectivity index (χ2n) is 6.45. The topological polar surface area (TPSA) is 63.7 Å². The molecule has 1 saturated heterocycles. The van der Waals surface area contributed by atoms with E-state index in [1.165, 1.54) is 0 Å². The largest absolute Gasteiger partial charge is 0.493 e. The third-order valence-corrected chi connectivity index (χ3v) is 4.85. The molecule has 27 heavy (non-hydrogen) atoms. The van der Waals surface area contributed by atoms with Crippen LogP contribution >= 0.6 is 0 Å². The third kappa shape index (κ3) is 2.93. The van der Waals surface area contributed by atoms with E-state index in [0.717, 1.165) is 33.4 Å². The Morgan fingerprint density at radius 1 is 1.11 bits per heavy atom. The van der Waals surface area contributed by atoms with Crippen molar-refractivity contribution in [2.24, 2.45) is 0 Å². The van der Waals surface area contributed by atoms with Gasteiger partial charge >= 0.3 is 6.03 Å². The number of rotatable bonds is 4. The van der Waals surface area contributed by atoms with Crippen molar-refractivity contribution < 1.29 is 14.3 Å². The van der Waals surface area contributed by atoms with Crippen molar-refractivity contribution in [1.29, 1.82) is 0 Å². The summed E-state index contributed by atoms with van der Waals surface area (Å²) in [5.41, 5.74) is 4.47. The predicted octanol–water partition coefficient (Wildman–Crippen LogP) is 3.76. The Kier molecular flexibility index (Phi) is 4.32. The van der Waals surface area contributed by atoms with E-state index in [2.05, 4.69) is 12.2 Å². The monoisotopic (exact) mass is 363 g/mol. The molecule has 0 saturated carbocycles. The highest BCUT2D eigenvalue weighted by atomic mass is 16.5. The second-order valence-corrected chi connectivity index (χ2v) is 6.45. The zero-order valence-corrected chi connectivity index (χ0v) is 15.6. The van der Waals surface area contributed by atoms with Crippen LogP contribution < -0.4 is 19.7 Å². The van der Waals surface area contributed by atoms with Crippen molar-refractivity contribution in [2.45, 2.75) is 6.92 Å². The minimum absolute atomic E-state index is 0.0725. The van der Waals surface area contributed by atoms with Crippen LogP contribution in [0, 0.1) is 6.92 Å². The smallest absolute Gasteiger partial charge is 0.321 e. The van der Waals surface area contributed by atoms with E-state index < -0.39 is 0 Å². The van der Waals surface area contributed by atoms with Gasteiger partial charge < -0.3 is 14.8 Å². The number of nitrogens with zero attached hydrogens (tertiary/aromatic N) is 2. The van der Waals surface area contributed by atoms with Crippen LogP contribution in [0.1, 0.15) is 5.56 Å². The van der Waals surface area contributed by atoms with E-state index in [-0.39, 0.29) is 6.03 Å². The number of methoxy groups -OCH3 is 2. The fourth-order valence-electron chi connectivity index (χ4n) is 3.50. The van der Waals surface area contributed by atoms with Gasteiger partial charge in [-0.1, -0.05) is 12.1 Å². The Balaban J connectivity index is 1.87. The van der Waals surface area contributed by atoms with Crippen LogP contribution in [0.2, 0.25) is 0 Å². The van der Waals surface area contributed by atoms with E-state index in [1.807, 2.05) is 42.5 Å². The van der Waals surface area contributed by atoms with Crippen molar-refractivity contribution in [3.05, 3.63) is 48.0 Å². The molecule has 0 spiro atoms. The van der Waals surface area contributed by atoms with Crippen LogP contribution in [0.15, 0.2) is 42.5 Å². The van der Waals surface area contributed by atoms with Gasteiger partial charge in [-0.3, -0.25) is 4.90 Å². The Morgan fingerprint density at radius 2 is 1.96 bits per heavy atom. The highest BCUT2D eigenvalue weighted by Gasteiger charge is 2.22. The van der Waals surface area contributed by atoms with Gasteiger partial charge in [0.2, 0.25) is 0 Å². The number of hydrogen-bond donors (Lipinski definition) is 1. The Bertz CT molecular complexity index is 1030. The van der Waals surface area contributed by atoms with E-state index in [1.54, 1.807) is 19.1 Å². The number of hydrogen-bond acceptors (Lipinski definition) is 4. The van der Waals surface area contributed by atoms with Crippen LogP contribution in [0.25, 0.3) is 22.2 Å². The van der Waals surface area contributed by atoms with Crippen molar-refractivity contribution in [2.75, 3.05) is 32.2 Å². The minimum Gasteiger partial charge on any atom is -0.493 e. The zero-order chi connectivity index (χ0) is 19.0. The molecule has 1 aromatic heterocycles. The Labute approximate surface area is 157 Å². The van der Waals surface area contributed by atoms with Gasteiger partial charge in [0.15, 0.2) is 11.5 Å². The molecule has 6 nitrogen and oxygen atoms in total. The molecule has 0 aliphatic carbocycles. The van der Waals surface area contributed by atoms with Gasteiger partial charge in [-0.05, 0) is 42.8 Å². The average Bonchev–Trinajstić information content (AvgIpc) is 3.12. The minimum atomic E-state index is -0.0725. The molecule has 1 aliphatic rings. The summed E-state index contributed by atoms with van der Waals surface area (Å²) in [5.74, 6) is 1.32. The number of carbonyl (C=O) groups excluding carboxylic acids is 1. The molecule has 1 fully saturated rings. The maximum atomic E-state index is 12.0. The molecule has 4 rings (SSSR count). The first-order valence-electron chi connectivity index (χ1n) is 8.80. The Morgan fingerprint density at radius 3 is 2.67 bits per heavy atom. The number of urea groups is 1. The van der Waals surface area contributed by atoms with E-state index in [4.69, 9.17) is 14.5 Å². The van der Waals surface area contributed by atoms with Crippen molar-refractivity contribution >= 4 is 22.6 Å². The summed E-state index contributed by atoms with van der Waals surface area (Å²) in [7, 11) is 3.24. The summed E-state index contributed by atoms with van der Waals surface area (Å²) in [6.07, 6.45) is 0. The lowest BCUT2D eigenvalue weighted by molar-refractivity contribution is 0.252. The number of aromatic nitrogens is 1. The summed E-state index contributed by atoms with van der Waals surface area (Å²) < 4.78 is 11.0. The van der Waals surface area contributed by atoms with Gasteiger partial charge in [0.05, 0.1) is 25.4 Å². The molecule has 0 radical (unpaired) electrons. The number of nitrogens with one attached hydrogen (secondary N) is 1. The SMILES string of the molecule is COc1cccc(-c2cc(C)c3ccc(N4CCNC4=O)cc3n2)c1OC. The van der Waals surface area contributed by atoms with E-state index in [0.29, 0.717) is 24.6 Å². The van der Waals surface area contributed by atoms with Gasteiger partial charge in [-0.25, -0.2) is 9.78 Å². The van der Waals surface area contributed by atoms with Crippen molar-refractivity contribution in [1.82, 2.24) is 10.3 Å². The molecule has 2 aromatic carbocycles. The lowest BCUT2D eigenvalue weighted by Gasteiger charge is -2.16. The van der Waals surface area contributed by atoms with Gasteiger partial charge in [0, 0.05) is 29.7 Å². The predicted molar refractivity (Wildman–Crippen MR) is 106 cm³/mol. The quantitative estimate of drug-likeness (QED) is 0.767. The first-order valence-corrected chi connectivity index (χ1v) is 8.80. The molecule has 0 bridgehead atoms. The van der Waals surface area contributed by atoms with Crippen LogP contribution in [-0.2, 0) is 0 Å². The maximum absolute atomic E-state index is 12.0. The number of fused-ring (bicyclic) bond motifs is 1. The molecular weight excluding hydrogens is 342 g/mol. The molecule has 138 valence electrons. The number of aryl methyl sites for hydroxylation is 1. The van der Waals surface area contributed by atoms with Gasteiger partial charge in [0.25, 0.3) is 0 Å². The van der Waals surface area contributed by atoms with E-state index in [9.17, 15) is 4.79 Å². The standard InChI is InChI=1S/C21H21N3O3/c1-13-11-17(16-5-4-6-19(26-2)20(16)27-3)23-18-12-14(7-8-15(13)18)24-10-9-22-21(24)25/h4-8,11-12H,9-10H2,1-3H3,(H,22,25). The van der Waals surface area contributed by atoms with Gasteiger partial charge in [-0.15, -0.1) is 0 Å². The first kappa shape index (κ1) is 17.1. The first-order chi connectivity index (χ1) is 13.1. The number of anilines is 1. The fraction of sp³-hybridized carbons (Fsp3) is 0.238. The number of ether oxygens (including phenoxy) is 2. The fourth-order valence-corrected chi connectivity index (χ4v) is 3.50. The lowest BCUT2D eigenvalue weighted by atomic mass is 10.0. The third-order valence-electron chi connectivity index (χ3n) is 4.85. The number of para-hydroxylation sites is 1. The second kappa shape index (κ2) is 6.79. The van der Waals surface area contributed by atoms with Crippen molar-refractivity contribution in [3.63, 3.8) is 0 Å². The number of pyridine rings is 1. The van der Waals surface area contributed by atoms with E-state index >= 15 is 0 Å². The summed E-state index contributed by atoms with van der Waals surface area (Å²) >= 11 is 0. The molecule has 0 unspecified atom stereocenters. The zero-order valence-electron chi connectivity index (χ0n) is 15.6. The molecule has 1 aliphatic heterocycles. The summed E-state index contributed by atoms with van der Waals surface area (Å²) in [6.45, 7) is 3.37. The molecule has 2 heterocycles. The summed E-state index contributed by atoms with van der Waals surface area (Å²) in [4.78, 5) is 18.6. The van der Waals surface area contributed by atoms with Gasteiger partial charge in [0.1, 0.15) is 0 Å². The van der Waals surface area contributed by atoms with Gasteiger partial charge in [-0.2, -0.15) is 0 Å². The summed E-state index contributed by atoms with van der Waals surface area (Å²) in [6, 6.07) is 13.7. The lowest BCUT2D eigenvalue weighted by Crippen LogP contribution is -2.27. The van der Waals surface area contributed by atoms with Crippen LogP contribution in [0.3, 0.4) is 0 Å². The number of carbonyl (C=O) groups is 1. The summed E-state index contributed by atoms with van der Waals surface area (Å²) in [5, 5.41) is 3.89. The molecule has 2 amide bonds. The average molecular weight is 363 g/mol. The molecule has 6 heteroatoms. The molecule has 3 aromatic rings. The molecule has 1 N–H and O–H groups in total. The molecule has 0 atom stereocenters. The van der Waals surface area contributed by atoms with Crippen LogP contribution in [0.4, 0.5) is 10.5 Å². The maximum Gasteiger partial charge on any atom is 0.321 e. The number of benzene rings is 2. The highest BCUT2D eigenvalue weighted by molar-refractivity contribution is 5.97.